The predicted molar refractivity (Wildman–Crippen MR) is 89.8 cm³/mol. The minimum Gasteiger partial charge on any atom is -0.359 e. The van der Waals surface area contributed by atoms with Gasteiger partial charge >= 0.3 is 0 Å². The Morgan fingerprint density at radius 1 is 1.19 bits per heavy atom. The molecule has 1 N–H and O–H groups in total. The van der Waals surface area contributed by atoms with Crippen LogP contribution < -0.4 is 5.32 Å². The first-order valence-electron chi connectivity index (χ1n) is 6.87. The summed E-state index contributed by atoms with van der Waals surface area (Å²) in [5.74, 6) is 0.825. The van der Waals surface area contributed by atoms with E-state index in [4.69, 9.17) is 0 Å². The highest BCUT2D eigenvalue weighted by Gasteiger charge is 2.10. The number of thioether (sulfide) groups is 1. The summed E-state index contributed by atoms with van der Waals surface area (Å²) in [6.07, 6.45) is 0.691. The molecule has 0 fully saturated rings. The van der Waals surface area contributed by atoms with Crippen molar-refractivity contribution in [3.05, 3.63) is 40.7 Å². The summed E-state index contributed by atoms with van der Waals surface area (Å²) >= 11 is 3.48. The molecule has 1 aromatic heterocycles. The van der Waals surface area contributed by atoms with Gasteiger partial charge in [0.15, 0.2) is 0 Å². The Hall–Kier alpha value is -1.14. The lowest BCUT2D eigenvalue weighted by Crippen LogP contribution is -2.12. The molecule has 0 saturated carbocycles. The second-order valence-corrected chi connectivity index (χ2v) is 8.68. The van der Waals surface area contributed by atoms with Crippen LogP contribution in [0.15, 0.2) is 24.3 Å². The fraction of sp³-hybridized carbons (Fsp3) is 0.467. The van der Waals surface area contributed by atoms with Gasteiger partial charge in [0.1, 0.15) is 10.8 Å². The summed E-state index contributed by atoms with van der Waals surface area (Å²) < 4.78 is 13.1. The molecule has 0 unspecified atom stereocenters. The number of halogens is 1. The quantitative estimate of drug-likeness (QED) is 0.807. The van der Waals surface area contributed by atoms with Crippen LogP contribution in [0.25, 0.3) is 0 Å². The average Bonchev–Trinajstić information content (AvgIpc) is 2.84. The molecule has 0 radical (unpaired) electrons. The fourth-order valence-corrected chi connectivity index (χ4v) is 3.30. The summed E-state index contributed by atoms with van der Waals surface area (Å²) in [5, 5.41) is 13.4. The summed E-state index contributed by atoms with van der Waals surface area (Å²) in [6, 6.07) is 6.51. The molecule has 0 saturated heterocycles. The molecule has 3 nitrogen and oxygen atoms in total. The van der Waals surface area contributed by atoms with Crippen LogP contribution in [0, 0.1) is 5.82 Å². The minimum absolute atomic E-state index is 0.213. The van der Waals surface area contributed by atoms with Crippen LogP contribution in [0.4, 0.5) is 9.52 Å². The Bertz CT molecular complexity index is 561. The van der Waals surface area contributed by atoms with E-state index in [0.717, 1.165) is 28.0 Å². The summed E-state index contributed by atoms with van der Waals surface area (Å²) in [6.45, 7) is 7.52. The van der Waals surface area contributed by atoms with E-state index in [9.17, 15) is 4.39 Å². The van der Waals surface area contributed by atoms with Gasteiger partial charge < -0.3 is 5.32 Å². The summed E-state index contributed by atoms with van der Waals surface area (Å²) in [7, 11) is 0. The lowest BCUT2D eigenvalue weighted by molar-refractivity contribution is 0.627. The van der Waals surface area contributed by atoms with Gasteiger partial charge in [0.2, 0.25) is 5.13 Å². The third-order valence-electron chi connectivity index (χ3n) is 2.65. The zero-order valence-electron chi connectivity index (χ0n) is 12.5. The number of nitrogens with zero attached hydrogens (tertiary/aromatic N) is 2. The topological polar surface area (TPSA) is 37.8 Å². The molecule has 1 aromatic carbocycles. The van der Waals surface area contributed by atoms with Crippen LogP contribution in [0.1, 0.15) is 31.3 Å². The maximum absolute atomic E-state index is 12.8. The fourth-order valence-electron chi connectivity index (χ4n) is 1.69. The van der Waals surface area contributed by atoms with Crippen molar-refractivity contribution in [1.29, 1.82) is 0 Å². The van der Waals surface area contributed by atoms with Crippen molar-refractivity contribution < 1.29 is 4.39 Å². The molecular weight excluding hydrogens is 305 g/mol. The van der Waals surface area contributed by atoms with E-state index in [2.05, 4.69) is 36.3 Å². The number of hydrogen-bond acceptors (Lipinski definition) is 5. The Morgan fingerprint density at radius 3 is 2.57 bits per heavy atom. The molecular formula is C15H20FN3S2. The Balaban J connectivity index is 1.80. The van der Waals surface area contributed by atoms with E-state index in [1.54, 1.807) is 23.5 Å². The highest BCUT2D eigenvalue weighted by molar-refractivity contribution is 8.00. The van der Waals surface area contributed by atoms with Crippen LogP contribution in [-0.2, 0) is 6.42 Å². The van der Waals surface area contributed by atoms with E-state index in [1.165, 1.54) is 12.1 Å². The van der Waals surface area contributed by atoms with Crippen molar-refractivity contribution in [2.24, 2.45) is 0 Å². The monoisotopic (exact) mass is 325 g/mol. The standard InChI is InChI=1S/C15H20FN3S2/c1-15(2,3)20-9-8-17-14-19-18-13(21-14)10-11-4-6-12(16)7-5-11/h4-7H,8-10H2,1-3H3,(H,17,19). The van der Waals surface area contributed by atoms with Gasteiger partial charge in [-0.2, -0.15) is 11.8 Å². The van der Waals surface area contributed by atoms with Crippen LogP contribution in [-0.4, -0.2) is 27.2 Å². The molecule has 2 aromatic rings. The summed E-state index contributed by atoms with van der Waals surface area (Å²) in [4.78, 5) is 0. The van der Waals surface area contributed by atoms with E-state index in [0.29, 0.717) is 6.42 Å². The molecule has 0 aliphatic rings. The molecule has 114 valence electrons. The lowest BCUT2D eigenvalue weighted by Gasteiger charge is -2.17. The van der Waals surface area contributed by atoms with Crippen molar-refractivity contribution >= 4 is 28.2 Å². The zero-order chi connectivity index (χ0) is 15.3. The highest BCUT2D eigenvalue weighted by Crippen LogP contribution is 2.23. The van der Waals surface area contributed by atoms with Crippen molar-refractivity contribution in [3.63, 3.8) is 0 Å². The normalized spacial score (nSPS) is 11.6. The van der Waals surface area contributed by atoms with E-state index < -0.39 is 0 Å². The van der Waals surface area contributed by atoms with Gasteiger partial charge in [-0.15, -0.1) is 10.2 Å². The van der Waals surface area contributed by atoms with Crippen molar-refractivity contribution in [3.8, 4) is 0 Å². The maximum Gasteiger partial charge on any atom is 0.205 e. The van der Waals surface area contributed by atoms with Gasteiger partial charge in [-0.1, -0.05) is 44.2 Å². The molecule has 21 heavy (non-hydrogen) atoms. The third-order valence-corrected chi connectivity index (χ3v) is 4.80. The van der Waals surface area contributed by atoms with Gasteiger partial charge in [-0.3, -0.25) is 0 Å². The maximum atomic E-state index is 12.8. The predicted octanol–water partition coefficient (Wildman–Crippen LogP) is 4.21. The van der Waals surface area contributed by atoms with Crippen molar-refractivity contribution in [2.75, 3.05) is 17.6 Å². The number of nitrogens with one attached hydrogen (secondary N) is 1. The first-order chi connectivity index (χ1) is 9.92. The Labute approximate surface area is 133 Å². The number of anilines is 1. The number of hydrogen-bond donors (Lipinski definition) is 1. The van der Waals surface area contributed by atoms with Gasteiger partial charge in [0, 0.05) is 23.5 Å². The second-order valence-electron chi connectivity index (χ2n) is 5.69. The lowest BCUT2D eigenvalue weighted by atomic mass is 10.2. The van der Waals surface area contributed by atoms with Crippen molar-refractivity contribution in [2.45, 2.75) is 31.9 Å². The number of benzene rings is 1. The molecule has 0 atom stereocenters. The average molecular weight is 325 g/mol. The Morgan fingerprint density at radius 2 is 1.90 bits per heavy atom. The third kappa shape index (κ3) is 6.01. The van der Waals surface area contributed by atoms with Crippen LogP contribution >= 0.6 is 23.1 Å². The molecule has 0 bridgehead atoms. The molecule has 0 spiro atoms. The van der Waals surface area contributed by atoms with Crippen LogP contribution in [0.3, 0.4) is 0 Å². The van der Waals surface area contributed by atoms with Crippen molar-refractivity contribution in [1.82, 2.24) is 10.2 Å². The van der Waals surface area contributed by atoms with E-state index in [-0.39, 0.29) is 10.6 Å². The molecule has 0 aliphatic carbocycles. The Kier molecular flexibility index (Phi) is 5.58. The first-order valence-corrected chi connectivity index (χ1v) is 8.67. The highest BCUT2D eigenvalue weighted by atomic mass is 32.2. The van der Waals surface area contributed by atoms with Gasteiger partial charge in [-0.25, -0.2) is 4.39 Å². The summed E-state index contributed by atoms with van der Waals surface area (Å²) in [5.41, 5.74) is 1.04. The molecule has 0 amide bonds. The molecule has 6 heteroatoms. The van der Waals surface area contributed by atoms with Gasteiger partial charge in [0.25, 0.3) is 0 Å². The van der Waals surface area contributed by atoms with Crippen LogP contribution in [0.2, 0.25) is 0 Å². The largest absolute Gasteiger partial charge is 0.359 e. The SMILES string of the molecule is CC(C)(C)SCCNc1nnc(Cc2ccc(F)cc2)s1. The number of aromatic nitrogens is 2. The molecule has 2 rings (SSSR count). The van der Waals surface area contributed by atoms with Gasteiger partial charge in [-0.05, 0) is 17.7 Å². The number of rotatable bonds is 6. The molecule has 0 aliphatic heterocycles. The molecule has 1 heterocycles. The smallest absolute Gasteiger partial charge is 0.205 e. The zero-order valence-corrected chi connectivity index (χ0v) is 14.2. The van der Waals surface area contributed by atoms with E-state index >= 15 is 0 Å². The second kappa shape index (κ2) is 7.22. The van der Waals surface area contributed by atoms with Gasteiger partial charge in [0.05, 0.1) is 0 Å². The minimum atomic E-state index is -0.213. The first kappa shape index (κ1) is 16.2. The van der Waals surface area contributed by atoms with Crippen LogP contribution in [0.5, 0.6) is 0 Å². The van der Waals surface area contributed by atoms with E-state index in [1.807, 2.05) is 11.8 Å².